The van der Waals surface area contributed by atoms with E-state index in [-0.39, 0.29) is 17.1 Å². The largest absolute Gasteiger partial charge is 0.322 e. The SMILES string of the molecule is O=C(c1ccccc1Cl)N1CCSC1c1ccc(F)cc1. The standard InChI is InChI=1S/C16H13ClFNOS/c17-14-4-2-1-3-13(14)15(20)19-9-10-21-16(19)11-5-7-12(18)8-6-11/h1-8,16H,9-10H2. The Morgan fingerprint density at radius 2 is 1.90 bits per heavy atom. The molecule has 0 spiro atoms. The molecule has 0 radical (unpaired) electrons. The third-order valence-corrected chi connectivity index (χ3v) is 5.00. The highest BCUT2D eigenvalue weighted by Gasteiger charge is 2.31. The van der Waals surface area contributed by atoms with Crippen molar-refractivity contribution in [3.8, 4) is 0 Å². The van der Waals surface area contributed by atoms with E-state index in [9.17, 15) is 9.18 Å². The predicted octanol–water partition coefficient (Wildman–Crippen LogP) is 4.37. The Morgan fingerprint density at radius 1 is 1.19 bits per heavy atom. The Morgan fingerprint density at radius 3 is 2.62 bits per heavy atom. The minimum atomic E-state index is -0.272. The number of hydrogen-bond acceptors (Lipinski definition) is 2. The molecule has 21 heavy (non-hydrogen) atoms. The maximum atomic E-state index is 13.0. The summed E-state index contributed by atoms with van der Waals surface area (Å²) in [5.74, 6) is 0.503. The van der Waals surface area contributed by atoms with Crippen LogP contribution in [0, 0.1) is 5.82 Å². The van der Waals surface area contributed by atoms with Gasteiger partial charge < -0.3 is 4.90 Å². The molecule has 2 aromatic rings. The zero-order chi connectivity index (χ0) is 14.8. The molecule has 108 valence electrons. The van der Waals surface area contributed by atoms with Gasteiger partial charge >= 0.3 is 0 Å². The summed E-state index contributed by atoms with van der Waals surface area (Å²) < 4.78 is 13.0. The molecule has 1 amide bonds. The minimum absolute atomic E-state index is 0.0834. The van der Waals surface area contributed by atoms with Crippen LogP contribution < -0.4 is 0 Å². The molecule has 2 nitrogen and oxygen atoms in total. The number of halogens is 2. The highest BCUT2D eigenvalue weighted by Crippen LogP contribution is 2.39. The first-order chi connectivity index (χ1) is 10.2. The summed E-state index contributed by atoms with van der Waals surface area (Å²) in [6.45, 7) is 0.663. The van der Waals surface area contributed by atoms with Gasteiger partial charge in [0.25, 0.3) is 5.91 Å². The lowest BCUT2D eigenvalue weighted by Crippen LogP contribution is -2.30. The minimum Gasteiger partial charge on any atom is -0.322 e. The second-order valence-corrected chi connectivity index (χ2v) is 6.35. The van der Waals surface area contributed by atoms with E-state index in [0.29, 0.717) is 17.1 Å². The molecule has 0 saturated carbocycles. The number of benzene rings is 2. The number of carbonyl (C=O) groups is 1. The van der Waals surface area contributed by atoms with E-state index in [4.69, 9.17) is 11.6 Å². The van der Waals surface area contributed by atoms with E-state index in [1.54, 1.807) is 53.1 Å². The Bertz CT molecular complexity index is 662. The molecule has 0 aliphatic carbocycles. The van der Waals surface area contributed by atoms with E-state index >= 15 is 0 Å². The first kappa shape index (κ1) is 14.4. The van der Waals surface area contributed by atoms with Crippen LogP contribution in [0.2, 0.25) is 5.02 Å². The van der Waals surface area contributed by atoms with Crippen LogP contribution in [0.4, 0.5) is 4.39 Å². The van der Waals surface area contributed by atoms with Gasteiger partial charge in [-0.25, -0.2) is 4.39 Å². The quantitative estimate of drug-likeness (QED) is 0.818. The summed E-state index contributed by atoms with van der Waals surface area (Å²) in [6, 6.07) is 13.3. The predicted molar refractivity (Wildman–Crippen MR) is 84.1 cm³/mol. The molecule has 1 atom stereocenters. The lowest BCUT2D eigenvalue weighted by molar-refractivity contribution is 0.0760. The molecule has 1 saturated heterocycles. The summed E-state index contributed by atoms with van der Waals surface area (Å²) in [5.41, 5.74) is 1.44. The van der Waals surface area contributed by atoms with Crippen LogP contribution in [0.15, 0.2) is 48.5 Å². The molecule has 2 aromatic carbocycles. The lowest BCUT2D eigenvalue weighted by Gasteiger charge is -2.24. The smallest absolute Gasteiger partial charge is 0.256 e. The number of amides is 1. The van der Waals surface area contributed by atoms with Crippen LogP contribution in [-0.4, -0.2) is 23.1 Å². The second-order valence-electron chi connectivity index (χ2n) is 4.75. The average molecular weight is 322 g/mol. The average Bonchev–Trinajstić information content (AvgIpc) is 2.97. The molecule has 0 bridgehead atoms. The molecular weight excluding hydrogens is 309 g/mol. The second kappa shape index (κ2) is 6.08. The first-order valence-electron chi connectivity index (χ1n) is 6.59. The van der Waals surface area contributed by atoms with Gasteiger partial charge in [-0.3, -0.25) is 4.79 Å². The van der Waals surface area contributed by atoms with E-state index in [0.717, 1.165) is 11.3 Å². The lowest BCUT2D eigenvalue weighted by atomic mass is 10.1. The van der Waals surface area contributed by atoms with Crippen molar-refractivity contribution in [1.82, 2.24) is 4.90 Å². The van der Waals surface area contributed by atoms with E-state index < -0.39 is 0 Å². The Balaban J connectivity index is 1.89. The van der Waals surface area contributed by atoms with Crippen molar-refractivity contribution in [2.45, 2.75) is 5.37 Å². The van der Waals surface area contributed by atoms with Gasteiger partial charge in [-0.15, -0.1) is 11.8 Å². The van der Waals surface area contributed by atoms with Crippen molar-refractivity contribution in [3.63, 3.8) is 0 Å². The highest BCUT2D eigenvalue weighted by molar-refractivity contribution is 7.99. The monoisotopic (exact) mass is 321 g/mol. The topological polar surface area (TPSA) is 20.3 Å². The summed E-state index contributed by atoms with van der Waals surface area (Å²) in [5, 5.41) is 0.367. The third kappa shape index (κ3) is 2.92. The van der Waals surface area contributed by atoms with Gasteiger partial charge in [-0.05, 0) is 29.8 Å². The third-order valence-electron chi connectivity index (χ3n) is 3.41. The Hall–Kier alpha value is -1.52. The molecule has 0 N–H and O–H groups in total. The van der Waals surface area contributed by atoms with Crippen LogP contribution in [0.1, 0.15) is 21.3 Å². The Labute approximate surface area is 131 Å². The van der Waals surface area contributed by atoms with Crippen LogP contribution >= 0.6 is 23.4 Å². The van der Waals surface area contributed by atoms with E-state index in [1.165, 1.54) is 12.1 Å². The van der Waals surface area contributed by atoms with Crippen LogP contribution in [0.25, 0.3) is 0 Å². The highest BCUT2D eigenvalue weighted by atomic mass is 35.5. The summed E-state index contributed by atoms with van der Waals surface area (Å²) >= 11 is 7.79. The van der Waals surface area contributed by atoms with Gasteiger partial charge in [0.2, 0.25) is 0 Å². The van der Waals surface area contributed by atoms with Gasteiger partial charge in [0.05, 0.1) is 10.6 Å². The first-order valence-corrected chi connectivity index (χ1v) is 8.02. The van der Waals surface area contributed by atoms with Crippen LogP contribution in [0.5, 0.6) is 0 Å². The van der Waals surface area contributed by atoms with Crippen molar-refractivity contribution in [2.24, 2.45) is 0 Å². The van der Waals surface area contributed by atoms with Crippen molar-refractivity contribution >= 4 is 29.3 Å². The molecule has 1 unspecified atom stereocenters. The molecule has 1 heterocycles. The molecule has 1 fully saturated rings. The summed E-state index contributed by atoms with van der Waals surface area (Å²) in [7, 11) is 0. The Kier molecular flexibility index (Phi) is 4.17. The molecular formula is C16H13ClFNOS. The fraction of sp³-hybridized carbons (Fsp3) is 0.188. The molecule has 3 rings (SSSR count). The van der Waals surface area contributed by atoms with Crippen LogP contribution in [0.3, 0.4) is 0 Å². The maximum Gasteiger partial charge on any atom is 0.256 e. The number of nitrogens with zero attached hydrogens (tertiary/aromatic N) is 1. The molecule has 1 aliphatic heterocycles. The zero-order valence-corrected chi connectivity index (χ0v) is 12.7. The molecule has 1 aliphatic rings. The number of thioether (sulfide) groups is 1. The van der Waals surface area contributed by atoms with Crippen molar-refractivity contribution < 1.29 is 9.18 Å². The van der Waals surface area contributed by atoms with Gasteiger partial charge in [-0.2, -0.15) is 0 Å². The zero-order valence-electron chi connectivity index (χ0n) is 11.1. The van der Waals surface area contributed by atoms with Crippen molar-refractivity contribution in [3.05, 3.63) is 70.5 Å². The van der Waals surface area contributed by atoms with Gasteiger partial charge in [0, 0.05) is 12.3 Å². The van der Waals surface area contributed by atoms with Crippen LogP contribution in [-0.2, 0) is 0 Å². The van der Waals surface area contributed by atoms with Gasteiger partial charge in [-0.1, -0.05) is 35.9 Å². The summed E-state index contributed by atoms with van der Waals surface area (Å²) in [6.07, 6.45) is 0. The van der Waals surface area contributed by atoms with Crippen molar-refractivity contribution in [2.75, 3.05) is 12.3 Å². The fourth-order valence-corrected chi connectivity index (χ4v) is 3.84. The number of rotatable bonds is 2. The van der Waals surface area contributed by atoms with Crippen molar-refractivity contribution in [1.29, 1.82) is 0 Å². The van der Waals surface area contributed by atoms with E-state index in [1.807, 2.05) is 0 Å². The van der Waals surface area contributed by atoms with Gasteiger partial charge in [0.1, 0.15) is 11.2 Å². The summed E-state index contributed by atoms with van der Waals surface area (Å²) in [4.78, 5) is 14.5. The molecule has 5 heteroatoms. The fourth-order valence-electron chi connectivity index (χ4n) is 2.37. The van der Waals surface area contributed by atoms with E-state index in [2.05, 4.69) is 0 Å². The number of hydrogen-bond donors (Lipinski definition) is 0. The maximum absolute atomic E-state index is 13.0. The molecule has 0 aromatic heterocycles. The number of carbonyl (C=O) groups excluding carboxylic acids is 1. The van der Waals surface area contributed by atoms with Gasteiger partial charge in [0.15, 0.2) is 0 Å². The normalized spacial score (nSPS) is 18.0.